The number of esters is 2. The Bertz CT molecular complexity index is 430. The Kier molecular flexibility index (Phi) is 5.36. The monoisotopic (exact) mass is 330 g/mol. The molecule has 0 aromatic heterocycles. The molecule has 0 N–H and O–H groups in total. The molecule has 0 amide bonds. The largest absolute Gasteiger partial charge is 0.444 e. The number of halogens is 1. The summed E-state index contributed by atoms with van der Waals surface area (Å²) in [7, 11) is 0. The van der Waals surface area contributed by atoms with E-state index >= 15 is 0 Å². The minimum absolute atomic E-state index is 0.119. The van der Waals surface area contributed by atoms with Crippen molar-refractivity contribution in [3.63, 3.8) is 0 Å². The summed E-state index contributed by atoms with van der Waals surface area (Å²) in [5.74, 6) is 0.673. The van der Waals surface area contributed by atoms with Crippen molar-refractivity contribution in [3.8, 4) is 15.6 Å². The van der Waals surface area contributed by atoms with E-state index in [0.717, 1.165) is 0 Å². The smallest absolute Gasteiger partial charge is 0.422 e. The van der Waals surface area contributed by atoms with Gasteiger partial charge in [0.2, 0.25) is 0 Å². The molecule has 0 saturated heterocycles. The maximum atomic E-state index is 11.2. The molecule has 0 radical (unpaired) electrons. The van der Waals surface area contributed by atoms with E-state index in [4.69, 9.17) is 4.74 Å². The van der Waals surface area contributed by atoms with Crippen LogP contribution in [-0.2, 0) is 14.3 Å². The Balaban J connectivity index is 2.45. The maximum Gasteiger partial charge on any atom is 0.422 e. The summed E-state index contributed by atoms with van der Waals surface area (Å²) in [5.41, 5.74) is 0. The summed E-state index contributed by atoms with van der Waals surface area (Å²) in [4.78, 5) is 22.2. The van der Waals surface area contributed by atoms with Crippen LogP contribution in [0.2, 0.25) is 0 Å². The number of benzene rings is 1. The Labute approximate surface area is 106 Å². The zero-order valence-electron chi connectivity index (χ0n) is 8.10. The fourth-order valence-electron chi connectivity index (χ4n) is 0.825. The molecular weight excluding hydrogens is 323 g/mol. The van der Waals surface area contributed by atoms with Gasteiger partial charge in [0.05, 0.1) is 0 Å². The van der Waals surface area contributed by atoms with Crippen molar-refractivity contribution in [2.75, 3.05) is 6.61 Å². The summed E-state index contributed by atoms with van der Waals surface area (Å²) in [6.45, 7) is -0.119. The molecule has 82 valence electrons. The van der Waals surface area contributed by atoms with Crippen LogP contribution in [-0.4, -0.2) is 18.5 Å². The highest BCUT2D eigenvalue weighted by molar-refractivity contribution is 14.1. The van der Waals surface area contributed by atoms with Crippen molar-refractivity contribution in [2.24, 2.45) is 0 Å². The number of ether oxygens (including phenoxy) is 2. The predicted molar refractivity (Wildman–Crippen MR) is 64.8 cm³/mol. The van der Waals surface area contributed by atoms with Crippen LogP contribution in [0.4, 0.5) is 0 Å². The highest BCUT2D eigenvalue weighted by atomic mass is 127. The molecule has 0 spiro atoms. The Morgan fingerprint density at radius 1 is 1.19 bits per heavy atom. The molecule has 4 nitrogen and oxygen atoms in total. The van der Waals surface area contributed by atoms with E-state index in [2.05, 4.69) is 14.6 Å². The van der Waals surface area contributed by atoms with Gasteiger partial charge in [0.1, 0.15) is 5.75 Å². The van der Waals surface area contributed by atoms with Gasteiger partial charge in [-0.05, 0) is 16.1 Å². The van der Waals surface area contributed by atoms with Crippen LogP contribution in [0.5, 0.6) is 5.75 Å². The van der Waals surface area contributed by atoms with Crippen LogP contribution >= 0.6 is 22.6 Å². The summed E-state index contributed by atoms with van der Waals surface area (Å²) >= 11 is 1.80. The van der Waals surface area contributed by atoms with Crippen LogP contribution in [0.3, 0.4) is 0 Å². The van der Waals surface area contributed by atoms with Gasteiger partial charge in [0.25, 0.3) is 0 Å². The highest BCUT2D eigenvalue weighted by Crippen LogP contribution is 2.08. The SMILES string of the molecule is O=C(OCC#CI)C(=O)Oc1ccccc1. The second kappa shape index (κ2) is 6.85. The minimum atomic E-state index is -1.05. The molecule has 5 heteroatoms. The molecular formula is C11H7IO4. The number of rotatable bonds is 2. The van der Waals surface area contributed by atoms with Crippen molar-refractivity contribution >= 4 is 34.5 Å². The van der Waals surface area contributed by atoms with Crippen molar-refractivity contribution < 1.29 is 19.1 Å². The average Bonchev–Trinajstić information content (AvgIpc) is 2.30. The van der Waals surface area contributed by atoms with Gasteiger partial charge in [0, 0.05) is 22.6 Å². The van der Waals surface area contributed by atoms with E-state index in [1.54, 1.807) is 52.9 Å². The molecule has 1 aromatic carbocycles. The molecule has 0 heterocycles. The molecule has 0 aliphatic rings. The van der Waals surface area contributed by atoms with Crippen molar-refractivity contribution in [1.29, 1.82) is 0 Å². The summed E-state index contributed by atoms with van der Waals surface area (Å²) in [5, 5.41) is 0. The summed E-state index contributed by atoms with van der Waals surface area (Å²) < 4.78 is 11.8. The van der Waals surface area contributed by atoms with Crippen LogP contribution in [0.1, 0.15) is 0 Å². The van der Waals surface area contributed by atoms with E-state index in [1.807, 2.05) is 0 Å². The van der Waals surface area contributed by atoms with Crippen molar-refractivity contribution in [1.82, 2.24) is 0 Å². The van der Waals surface area contributed by atoms with Crippen LogP contribution < -0.4 is 4.74 Å². The molecule has 0 fully saturated rings. The van der Waals surface area contributed by atoms with E-state index in [-0.39, 0.29) is 6.61 Å². The topological polar surface area (TPSA) is 52.6 Å². The second-order valence-electron chi connectivity index (χ2n) is 2.55. The molecule has 0 aliphatic heterocycles. The molecule has 0 unspecified atom stereocenters. The predicted octanol–water partition coefficient (Wildman–Crippen LogP) is 1.53. The molecule has 0 bridgehead atoms. The number of carbonyl (C=O) groups excluding carboxylic acids is 2. The van der Waals surface area contributed by atoms with Gasteiger partial charge in [-0.2, -0.15) is 0 Å². The van der Waals surface area contributed by atoms with Crippen LogP contribution in [0.15, 0.2) is 30.3 Å². The Morgan fingerprint density at radius 2 is 1.88 bits per heavy atom. The number of carbonyl (C=O) groups is 2. The molecule has 0 saturated carbocycles. The first-order valence-corrected chi connectivity index (χ1v) is 5.34. The fourth-order valence-corrected chi connectivity index (χ4v) is 0.981. The fraction of sp³-hybridized carbons (Fsp3) is 0.0909. The van der Waals surface area contributed by atoms with Gasteiger partial charge >= 0.3 is 11.9 Å². The quantitative estimate of drug-likeness (QED) is 0.271. The maximum absolute atomic E-state index is 11.2. The summed E-state index contributed by atoms with van der Waals surface area (Å²) in [6, 6.07) is 8.28. The van der Waals surface area contributed by atoms with Crippen LogP contribution in [0.25, 0.3) is 0 Å². The third kappa shape index (κ3) is 4.31. The lowest BCUT2D eigenvalue weighted by molar-refractivity contribution is -0.161. The third-order valence-electron chi connectivity index (χ3n) is 1.46. The standard InChI is InChI=1S/C11H7IO4/c12-7-4-8-15-10(13)11(14)16-9-5-2-1-3-6-9/h1-3,5-6H,8H2. The molecule has 16 heavy (non-hydrogen) atoms. The Morgan fingerprint density at radius 3 is 2.50 bits per heavy atom. The van der Waals surface area contributed by atoms with Crippen molar-refractivity contribution in [2.45, 2.75) is 0 Å². The first kappa shape index (κ1) is 12.5. The van der Waals surface area contributed by atoms with Crippen LogP contribution in [0, 0.1) is 9.85 Å². The molecule has 0 atom stereocenters. The van der Waals surface area contributed by atoms with Gasteiger partial charge in [-0.25, -0.2) is 9.59 Å². The lowest BCUT2D eigenvalue weighted by atomic mass is 10.3. The third-order valence-corrected chi connectivity index (χ3v) is 1.84. The van der Waals surface area contributed by atoms with Gasteiger partial charge in [0.15, 0.2) is 6.61 Å². The molecule has 1 rings (SSSR count). The highest BCUT2D eigenvalue weighted by Gasteiger charge is 2.17. The number of para-hydroxylation sites is 1. The molecule has 1 aromatic rings. The zero-order chi connectivity index (χ0) is 11.8. The van der Waals surface area contributed by atoms with E-state index in [1.165, 1.54) is 0 Å². The lowest BCUT2D eigenvalue weighted by Gasteiger charge is -2.02. The van der Waals surface area contributed by atoms with E-state index in [0.29, 0.717) is 5.75 Å². The summed E-state index contributed by atoms with van der Waals surface area (Å²) in [6.07, 6.45) is 0. The van der Waals surface area contributed by atoms with Gasteiger partial charge in [-0.15, -0.1) is 0 Å². The Hall–Kier alpha value is -1.55. The average molecular weight is 330 g/mol. The van der Waals surface area contributed by atoms with E-state index < -0.39 is 11.9 Å². The minimum Gasteiger partial charge on any atom is -0.444 e. The molecule has 0 aliphatic carbocycles. The normalized spacial score (nSPS) is 8.56. The van der Waals surface area contributed by atoms with Gasteiger partial charge in [-0.1, -0.05) is 24.1 Å². The number of hydrogen-bond donors (Lipinski definition) is 0. The lowest BCUT2D eigenvalue weighted by Crippen LogP contribution is -2.23. The zero-order valence-corrected chi connectivity index (χ0v) is 10.3. The van der Waals surface area contributed by atoms with Crippen molar-refractivity contribution in [3.05, 3.63) is 30.3 Å². The first-order valence-electron chi connectivity index (χ1n) is 4.26. The number of hydrogen-bond acceptors (Lipinski definition) is 4. The van der Waals surface area contributed by atoms with Gasteiger partial charge in [-0.3, -0.25) is 0 Å². The van der Waals surface area contributed by atoms with Gasteiger partial charge < -0.3 is 9.47 Å². The second-order valence-corrected chi connectivity index (χ2v) is 3.09. The first-order chi connectivity index (χ1) is 7.74. The van der Waals surface area contributed by atoms with E-state index in [9.17, 15) is 9.59 Å².